The van der Waals surface area contributed by atoms with Crippen molar-refractivity contribution in [3.05, 3.63) is 72.1 Å². The molecule has 1 aliphatic rings. The van der Waals surface area contributed by atoms with E-state index in [1.165, 1.54) is 0 Å². The molecule has 0 radical (unpaired) electrons. The number of rotatable bonds is 4. The van der Waals surface area contributed by atoms with E-state index in [-0.39, 0.29) is 0 Å². The van der Waals surface area contributed by atoms with Crippen LogP contribution in [0.1, 0.15) is 12.5 Å². The minimum absolute atomic E-state index is 0.675. The average Bonchev–Trinajstić information content (AvgIpc) is 3.06. The number of benzene rings is 2. The first-order chi connectivity index (χ1) is 10.6. The molecule has 1 unspecified atom stereocenters. The molecule has 0 fully saturated rings. The van der Waals surface area contributed by atoms with Crippen molar-refractivity contribution in [2.75, 3.05) is 12.1 Å². The molecule has 0 spiro atoms. The summed E-state index contributed by atoms with van der Waals surface area (Å²) in [5.41, 5.74) is 7.39. The first-order valence-corrected chi connectivity index (χ1v) is 7.06. The molecule has 5 nitrogen and oxygen atoms in total. The van der Waals surface area contributed by atoms with E-state index in [0.29, 0.717) is 5.70 Å². The van der Waals surface area contributed by atoms with Crippen LogP contribution in [0.25, 0.3) is 0 Å². The van der Waals surface area contributed by atoms with E-state index in [2.05, 4.69) is 11.0 Å². The summed E-state index contributed by atoms with van der Waals surface area (Å²) < 4.78 is 5.16. The third-order valence-corrected chi connectivity index (χ3v) is 3.78. The quantitative estimate of drug-likeness (QED) is 0.808. The zero-order chi connectivity index (χ0) is 15.6. The van der Waals surface area contributed by atoms with Gasteiger partial charge >= 0.3 is 0 Å². The van der Waals surface area contributed by atoms with Gasteiger partial charge in [-0.1, -0.05) is 30.3 Å². The molecule has 0 saturated heterocycles. The molecule has 3 rings (SSSR count). The van der Waals surface area contributed by atoms with Crippen molar-refractivity contribution < 1.29 is 9.84 Å². The van der Waals surface area contributed by atoms with Crippen molar-refractivity contribution >= 4 is 5.69 Å². The highest BCUT2D eigenvalue weighted by Gasteiger charge is 2.32. The molecular weight excluding hydrogens is 278 g/mol. The third-order valence-electron chi connectivity index (χ3n) is 3.78. The lowest BCUT2D eigenvalue weighted by molar-refractivity contribution is 0.0896. The standard InChI is InChI=1S/C17H19N3O2/c1-17(21,13-6-4-3-5-7-13)16-12-20(19-18-16)14-8-10-15(22-2)11-9-14/h3-12,18-19,21H,1-2H3. The number of hydrazine groups is 2. The number of nitrogens with zero attached hydrogens (tertiary/aromatic N) is 1. The molecule has 0 aromatic heterocycles. The van der Waals surface area contributed by atoms with Gasteiger partial charge in [0.1, 0.15) is 11.4 Å². The zero-order valence-corrected chi connectivity index (χ0v) is 12.6. The van der Waals surface area contributed by atoms with E-state index in [0.717, 1.165) is 17.0 Å². The van der Waals surface area contributed by atoms with Crippen LogP contribution in [-0.4, -0.2) is 12.2 Å². The predicted octanol–water partition coefficient (Wildman–Crippen LogP) is 2.27. The van der Waals surface area contributed by atoms with Gasteiger partial charge in [-0.3, -0.25) is 5.01 Å². The van der Waals surface area contributed by atoms with Gasteiger partial charge in [0.2, 0.25) is 0 Å². The fourth-order valence-corrected chi connectivity index (χ4v) is 2.36. The van der Waals surface area contributed by atoms with E-state index >= 15 is 0 Å². The van der Waals surface area contributed by atoms with E-state index < -0.39 is 5.60 Å². The van der Waals surface area contributed by atoms with Gasteiger partial charge in [0.15, 0.2) is 0 Å². The molecule has 0 saturated carbocycles. The van der Waals surface area contributed by atoms with Crippen molar-refractivity contribution in [2.24, 2.45) is 0 Å². The number of anilines is 1. The third kappa shape index (κ3) is 2.64. The van der Waals surface area contributed by atoms with Crippen LogP contribution >= 0.6 is 0 Å². The van der Waals surface area contributed by atoms with Gasteiger partial charge in [0.25, 0.3) is 0 Å². The molecule has 2 aromatic rings. The molecule has 2 aromatic carbocycles. The van der Waals surface area contributed by atoms with E-state index in [1.54, 1.807) is 14.0 Å². The Balaban J connectivity index is 1.84. The smallest absolute Gasteiger partial charge is 0.129 e. The minimum Gasteiger partial charge on any atom is -0.497 e. The first-order valence-electron chi connectivity index (χ1n) is 7.06. The predicted molar refractivity (Wildman–Crippen MR) is 85.8 cm³/mol. The Morgan fingerprint density at radius 3 is 2.36 bits per heavy atom. The lowest BCUT2D eigenvalue weighted by Gasteiger charge is -2.24. The normalized spacial score (nSPS) is 16.7. The maximum atomic E-state index is 10.8. The number of hydrogen-bond donors (Lipinski definition) is 3. The zero-order valence-electron chi connectivity index (χ0n) is 12.6. The molecule has 1 aliphatic heterocycles. The van der Waals surface area contributed by atoms with E-state index in [9.17, 15) is 5.11 Å². The second-order valence-electron chi connectivity index (χ2n) is 5.29. The van der Waals surface area contributed by atoms with Gasteiger partial charge < -0.3 is 15.3 Å². The van der Waals surface area contributed by atoms with Gasteiger partial charge in [-0.15, -0.1) is 5.53 Å². The van der Waals surface area contributed by atoms with E-state index in [4.69, 9.17) is 4.74 Å². The molecular formula is C17H19N3O2. The average molecular weight is 297 g/mol. The highest BCUT2D eigenvalue weighted by Crippen LogP contribution is 2.30. The molecule has 0 bridgehead atoms. The van der Waals surface area contributed by atoms with Crippen LogP contribution < -0.4 is 20.7 Å². The molecule has 22 heavy (non-hydrogen) atoms. The Labute approximate surface area is 129 Å². The minimum atomic E-state index is -1.10. The Morgan fingerprint density at radius 2 is 1.73 bits per heavy atom. The summed E-state index contributed by atoms with van der Waals surface area (Å²) >= 11 is 0. The Kier molecular flexibility index (Phi) is 3.75. The molecule has 1 atom stereocenters. The van der Waals surface area contributed by atoms with Crippen molar-refractivity contribution in [1.29, 1.82) is 0 Å². The monoisotopic (exact) mass is 297 g/mol. The topological polar surface area (TPSA) is 56.8 Å². The fourth-order valence-electron chi connectivity index (χ4n) is 2.36. The van der Waals surface area contributed by atoms with Gasteiger partial charge in [-0.05, 0) is 36.8 Å². The summed E-state index contributed by atoms with van der Waals surface area (Å²) in [7, 11) is 1.64. The summed E-state index contributed by atoms with van der Waals surface area (Å²) in [6, 6.07) is 17.2. The largest absolute Gasteiger partial charge is 0.497 e. The second kappa shape index (κ2) is 5.71. The highest BCUT2D eigenvalue weighted by atomic mass is 16.5. The van der Waals surface area contributed by atoms with Crippen LogP contribution in [-0.2, 0) is 5.60 Å². The number of aliphatic hydroxyl groups is 1. The lowest BCUT2D eigenvalue weighted by atomic mass is 9.93. The molecule has 114 valence electrons. The second-order valence-corrected chi connectivity index (χ2v) is 5.29. The molecule has 0 aliphatic carbocycles. The fraction of sp³-hybridized carbons (Fsp3) is 0.176. The summed E-state index contributed by atoms with van der Waals surface area (Å²) in [6.45, 7) is 1.76. The summed E-state index contributed by atoms with van der Waals surface area (Å²) in [5, 5.41) is 12.6. The molecule has 3 N–H and O–H groups in total. The van der Waals surface area contributed by atoms with Crippen LogP contribution in [0.2, 0.25) is 0 Å². The van der Waals surface area contributed by atoms with Crippen molar-refractivity contribution in [3.8, 4) is 5.75 Å². The van der Waals surface area contributed by atoms with Gasteiger partial charge in [0.05, 0.1) is 18.5 Å². The molecule has 5 heteroatoms. The van der Waals surface area contributed by atoms with Crippen LogP contribution in [0, 0.1) is 0 Å². The van der Waals surface area contributed by atoms with Crippen LogP contribution in [0.3, 0.4) is 0 Å². The van der Waals surface area contributed by atoms with E-state index in [1.807, 2.05) is 65.8 Å². The maximum Gasteiger partial charge on any atom is 0.129 e. The molecule has 1 heterocycles. The number of hydrogen-bond acceptors (Lipinski definition) is 5. The van der Waals surface area contributed by atoms with Crippen LogP contribution in [0.4, 0.5) is 5.69 Å². The van der Waals surface area contributed by atoms with Crippen molar-refractivity contribution in [2.45, 2.75) is 12.5 Å². The number of ether oxygens (including phenoxy) is 1. The number of methoxy groups -OCH3 is 1. The summed E-state index contributed by atoms with van der Waals surface area (Å²) in [6.07, 6.45) is 1.84. The summed E-state index contributed by atoms with van der Waals surface area (Å²) in [5.74, 6) is 0.802. The maximum absolute atomic E-state index is 10.8. The molecule has 0 amide bonds. The Bertz CT molecular complexity index is 666. The van der Waals surface area contributed by atoms with Gasteiger partial charge in [-0.2, -0.15) is 0 Å². The number of nitrogens with one attached hydrogen (secondary N) is 2. The lowest BCUT2D eigenvalue weighted by Crippen LogP contribution is -2.40. The van der Waals surface area contributed by atoms with Crippen molar-refractivity contribution in [3.63, 3.8) is 0 Å². The van der Waals surface area contributed by atoms with Gasteiger partial charge in [0, 0.05) is 6.20 Å². The van der Waals surface area contributed by atoms with Crippen LogP contribution in [0.5, 0.6) is 5.75 Å². The van der Waals surface area contributed by atoms with Crippen LogP contribution in [0.15, 0.2) is 66.5 Å². The Hall–Kier alpha value is -2.50. The Morgan fingerprint density at radius 1 is 1.05 bits per heavy atom. The first kappa shape index (κ1) is 14.4. The SMILES string of the molecule is COc1ccc(N2C=C(C(C)(O)c3ccccc3)NN2)cc1. The highest BCUT2D eigenvalue weighted by molar-refractivity contribution is 5.52. The van der Waals surface area contributed by atoms with Gasteiger partial charge in [-0.25, -0.2) is 0 Å². The van der Waals surface area contributed by atoms with Crippen molar-refractivity contribution in [1.82, 2.24) is 11.0 Å². The summed E-state index contributed by atoms with van der Waals surface area (Å²) in [4.78, 5) is 0.